The summed E-state index contributed by atoms with van der Waals surface area (Å²) in [6.07, 6.45) is 1.20. The molecule has 0 aliphatic rings. The molecule has 0 saturated carbocycles. The number of benzene rings is 2. The van der Waals surface area contributed by atoms with Crippen molar-refractivity contribution in [2.45, 2.75) is 0 Å². The average Bonchev–Trinajstić information content (AvgIpc) is 2.57. The zero-order valence-electron chi connectivity index (χ0n) is 12.8. The number of halogens is 3. The number of hydrazone groups is 1. The van der Waals surface area contributed by atoms with Gasteiger partial charge >= 0.3 is 5.91 Å². The van der Waals surface area contributed by atoms with Crippen LogP contribution in [0.25, 0.3) is 0 Å². The second kappa shape index (κ2) is 8.25. The standard InChI is InChI=1S/C16H13Br2FN2O3/c1-23-14-3-10(4-15(8-14)24-2)9-20-21(19)16(22)11-5-12(17)7-13(18)6-11/h3-9H,1-2H3/b20-9+. The van der Waals surface area contributed by atoms with Gasteiger partial charge in [0.2, 0.25) is 0 Å². The van der Waals surface area contributed by atoms with Gasteiger partial charge in [-0.15, -0.1) is 5.10 Å². The topological polar surface area (TPSA) is 51.1 Å². The first kappa shape index (κ1) is 18.4. The van der Waals surface area contributed by atoms with Gasteiger partial charge in [0.25, 0.3) is 0 Å². The molecule has 2 aromatic carbocycles. The van der Waals surface area contributed by atoms with Gasteiger partial charge in [-0.05, 0) is 30.3 Å². The highest BCUT2D eigenvalue weighted by Crippen LogP contribution is 2.23. The summed E-state index contributed by atoms with van der Waals surface area (Å²) in [6.45, 7) is 0. The van der Waals surface area contributed by atoms with Crippen molar-refractivity contribution in [2.75, 3.05) is 14.2 Å². The number of hydrogen-bond donors (Lipinski definition) is 0. The number of carbonyl (C=O) groups is 1. The van der Waals surface area contributed by atoms with Crippen LogP contribution < -0.4 is 9.47 Å². The highest BCUT2D eigenvalue weighted by molar-refractivity contribution is 9.11. The number of methoxy groups -OCH3 is 2. The molecule has 0 aromatic heterocycles. The SMILES string of the molecule is COc1cc(/C=N/N(F)C(=O)c2cc(Br)cc(Br)c2)cc(OC)c1. The molecule has 0 saturated heterocycles. The third-order valence-corrected chi connectivity index (χ3v) is 3.87. The lowest BCUT2D eigenvalue weighted by molar-refractivity contribution is 0.0215. The van der Waals surface area contributed by atoms with E-state index < -0.39 is 5.91 Å². The van der Waals surface area contributed by atoms with Crippen molar-refractivity contribution in [1.29, 1.82) is 0 Å². The van der Waals surface area contributed by atoms with Crippen LogP contribution in [0.3, 0.4) is 0 Å². The lowest BCUT2D eigenvalue weighted by atomic mass is 10.2. The molecule has 24 heavy (non-hydrogen) atoms. The van der Waals surface area contributed by atoms with Crippen LogP contribution in [-0.4, -0.2) is 31.6 Å². The van der Waals surface area contributed by atoms with Crippen LogP contribution in [0.5, 0.6) is 11.5 Å². The molecule has 0 aliphatic carbocycles. The van der Waals surface area contributed by atoms with E-state index in [1.807, 2.05) is 0 Å². The van der Waals surface area contributed by atoms with E-state index in [-0.39, 0.29) is 10.8 Å². The Kier molecular flexibility index (Phi) is 6.33. The molecule has 2 aromatic rings. The fraction of sp³-hybridized carbons (Fsp3) is 0.125. The molecule has 0 fully saturated rings. The summed E-state index contributed by atoms with van der Waals surface area (Å²) in [7, 11) is 3.01. The van der Waals surface area contributed by atoms with Gasteiger partial charge < -0.3 is 9.47 Å². The van der Waals surface area contributed by atoms with E-state index in [2.05, 4.69) is 37.0 Å². The molecule has 2 rings (SSSR count). The van der Waals surface area contributed by atoms with Crippen LogP contribution >= 0.6 is 31.9 Å². The first-order chi connectivity index (χ1) is 11.4. The molecule has 0 heterocycles. The third kappa shape index (κ3) is 4.78. The monoisotopic (exact) mass is 458 g/mol. The van der Waals surface area contributed by atoms with E-state index >= 15 is 0 Å². The van der Waals surface area contributed by atoms with Crippen molar-refractivity contribution in [1.82, 2.24) is 5.23 Å². The highest BCUT2D eigenvalue weighted by Gasteiger charge is 2.15. The van der Waals surface area contributed by atoms with Gasteiger partial charge in [0.05, 0.1) is 20.4 Å². The summed E-state index contributed by atoms with van der Waals surface area (Å²) in [6, 6.07) is 9.70. The molecule has 0 spiro atoms. The van der Waals surface area contributed by atoms with Crippen LogP contribution in [0.2, 0.25) is 0 Å². The Balaban J connectivity index is 2.20. The molecule has 0 N–H and O–H groups in total. The summed E-state index contributed by atoms with van der Waals surface area (Å²) in [5.41, 5.74) is 0.677. The van der Waals surface area contributed by atoms with Gasteiger partial charge in [0, 0.05) is 26.1 Å². The smallest absolute Gasteiger partial charge is 0.304 e. The molecule has 0 atom stereocenters. The number of carbonyl (C=O) groups excluding carboxylic acids is 1. The minimum Gasteiger partial charge on any atom is -0.497 e. The Hall–Kier alpha value is -1.93. The van der Waals surface area contributed by atoms with Crippen molar-refractivity contribution in [2.24, 2.45) is 5.10 Å². The highest BCUT2D eigenvalue weighted by atomic mass is 79.9. The second-order valence-electron chi connectivity index (χ2n) is 4.61. The average molecular weight is 460 g/mol. The molecule has 0 bridgehead atoms. The van der Waals surface area contributed by atoms with Crippen molar-refractivity contribution in [3.63, 3.8) is 0 Å². The molecular formula is C16H13Br2FN2O3. The molecule has 1 amide bonds. The minimum atomic E-state index is -0.886. The van der Waals surface area contributed by atoms with E-state index in [0.29, 0.717) is 26.0 Å². The van der Waals surface area contributed by atoms with Gasteiger partial charge in [-0.2, -0.15) is 0 Å². The van der Waals surface area contributed by atoms with E-state index in [0.717, 1.165) is 0 Å². The summed E-state index contributed by atoms with van der Waals surface area (Å²) >= 11 is 6.50. The molecule has 0 unspecified atom stereocenters. The molecule has 0 aliphatic heterocycles. The molecule has 8 heteroatoms. The lowest BCUT2D eigenvalue weighted by Gasteiger charge is -2.08. The fourth-order valence-electron chi connectivity index (χ4n) is 1.86. The maximum atomic E-state index is 14.0. The number of nitrogens with zero attached hydrogens (tertiary/aromatic N) is 2. The van der Waals surface area contributed by atoms with Gasteiger partial charge in [0.15, 0.2) is 0 Å². The molecule has 126 valence electrons. The van der Waals surface area contributed by atoms with Crippen molar-refractivity contribution in [3.05, 3.63) is 56.5 Å². The van der Waals surface area contributed by atoms with Gasteiger partial charge in [-0.25, -0.2) is 0 Å². The zero-order chi connectivity index (χ0) is 17.7. The third-order valence-electron chi connectivity index (χ3n) is 2.96. The Morgan fingerprint density at radius 2 is 1.58 bits per heavy atom. The first-order valence-corrected chi connectivity index (χ1v) is 8.25. The Labute approximate surface area is 155 Å². The largest absolute Gasteiger partial charge is 0.497 e. The van der Waals surface area contributed by atoms with E-state index in [4.69, 9.17) is 9.47 Å². The van der Waals surface area contributed by atoms with Gasteiger partial charge in [-0.1, -0.05) is 41.6 Å². The number of hydrogen-bond acceptors (Lipinski definition) is 4. The summed E-state index contributed by atoms with van der Waals surface area (Å²) in [5.74, 6) is 0.176. The van der Waals surface area contributed by atoms with Crippen LogP contribution in [0.4, 0.5) is 4.48 Å². The number of amides is 1. The maximum absolute atomic E-state index is 14.0. The first-order valence-electron chi connectivity index (χ1n) is 6.66. The van der Waals surface area contributed by atoms with Crippen LogP contribution in [-0.2, 0) is 0 Å². The summed E-state index contributed by atoms with van der Waals surface area (Å²) < 4.78 is 25.5. The quantitative estimate of drug-likeness (QED) is 0.373. The Morgan fingerprint density at radius 3 is 2.08 bits per heavy atom. The van der Waals surface area contributed by atoms with Crippen LogP contribution in [0, 0.1) is 0 Å². The van der Waals surface area contributed by atoms with E-state index in [1.165, 1.54) is 32.6 Å². The van der Waals surface area contributed by atoms with Crippen LogP contribution in [0.1, 0.15) is 15.9 Å². The predicted octanol–water partition coefficient (Wildman–Crippen LogP) is 4.59. The number of rotatable bonds is 5. The van der Waals surface area contributed by atoms with E-state index in [9.17, 15) is 9.28 Å². The zero-order valence-corrected chi connectivity index (χ0v) is 16.0. The molecule has 5 nitrogen and oxygen atoms in total. The Bertz CT molecular complexity index is 741. The Morgan fingerprint density at radius 1 is 1.04 bits per heavy atom. The molecule has 0 radical (unpaired) electrons. The van der Waals surface area contributed by atoms with Crippen molar-refractivity contribution < 1.29 is 18.7 Å². The lowest BCUT2D eigenvalue weighted by Crippen LogP contribution is -2.17. The summed E-state index contributed by atoms with van der Waals surface area (Å²) in [5, 5.41) is 3.31. The normalized spacial score (nSPS) is 10.7. The minimum absolute atomic E-state index is 0.152. The molecular weight excluding hydrogens is 447 g/mol. The summed E-state index contributed by atoms with van der Waals surface area (Å²) in [4.78, 5) is 12.1. The van der Waals surface area contributed by atoms with Gasteiger partial charge in [-0.3, -0.25) is 4.79 Å². The van der Waals surface area contributed by atoms with Crippen molar-refractivity contribution >= 4 is 44.0 Å². The maximum Gasteiger partial charge on any atom is 0.304 e. The van der Waals surface area contributed by atoms with Gasteiger partial charge in [0.1, 0.15) is 11.5 Å². The number of ether oxygens (including phenoxy) is 2. The second-order valence-corrected chi connectivity index (χ2v) is 6.45. The predicted molar refractivity (Wildman–Crippen MR) is 96.3 cm³/mol. The van der Waals surface area contributed by atoms with E-state index in [1.54, 1.807) is 24.3 Å². The fourth-order valence-corrected chi connectivity index (χ4v) is 3.15. The van der Waals surface area contributed by atoms with Crippen LogP contribution in [0.15, 0.2) is 50.4 Å². The van der Waals surface area contributed by atoms with Crippen molar-refractivity contribution in [3.8, 4) is 11.5 Å².